The highest BCUT2D eigenvalue weighted by Gasteiger charge is 2.51. The molecule has 0 saturated carbocycles. The Morgan fingerprint density at radius 2 is 2.09 bits per heavy atom. The van der Waals surface area contributed by atoms with Crippen molar-refractivity contribution in [3.05, 3.63) is 35.5 Å². The van der Waals surface area contributed by atoms with E-state index in [4.69, 9.17) is 4.74 Å². The van der Waals surface area contributed by atoms with Gasteiger partial charge in [-0.3, -0.25) is 4.90 Å². The highest BCUT2D eigenvalue weighted by Crippen LogP contribution is 2.57. The van der Waals surface area contributed by atoms with Gasteiger partial charge >= 0.3 is 5.97 Å². The molecule has 5 rings (SSSR count). The van der Waals surface area contributed by atoms with Crippen molar-refractivity contribution in [1.29, 1.82) is 0 Å². The van der Waals surface area contributed by atoms with E-state index < -0.39 is 10.0 Å². The van der Waals surface area contributed by atoms with Crippen molar-refractivity contribution < 1.29 is 17.9 Å². The number of nitrogens with zero attached hydrogens (tertiary/aromatic N) is 3. The van der Waals surface area contributed by atoms with Gasteiger partial charge in [0.2, 0.25) is 10.0 Å². The zero-order valence-electron chi connectivity index (χ0n) is 21.1. The molecule has 3 aliphatic rings. The number of benzene rings is 1. The van der Waals surface area contributed by atoms with Gasteiger partial charge in [-0.05, 0) is 89.1 Å². The van der Waals surface area contributed by atoms with Crippen LogP contribution >= 0.6 is 0 Å². The molecule has 0 aliphatic carbocycles. The number of piperidine rings is 1. The lowest BCUT2D eigenvalue weighted by Crippen LogP contribution is -2.51. The van der Waals surface area contributed by atoms with Gasteiger partial charge in [0.25, 0.3) is 0 Å². The number of carbonyl (C=O) groups is 1. The zero-order chi connectivity index (χ0) is 25.0. The second kappa shape index (κ2) is 9.03. The Kier molecular flexibility index (Phi) is 6.32. The van der Waals surface area contributed by atoms with Gasteiger partial charge in [-0.25, -0.2) is 17.9 Å². The van der Waals surface area contributed by atoms with Crippen LogP contribution in [0, 0.1) is 5.41 Å². The minimum absolute atomic E-state index is 0.121. The van der Waals surface area contributed by atoms with Gasteiger partial charge in [0.05, 0.1) is 23.6 Å². The Hall–Kier alpha value is -2.20. The Bertz CT molecular complexity index is 1300. The van der Waals surface area contributed by atoms with Crippen LogP contribution in [0.1, 0.15) is 49.9 Å². The first-order valence-corrected chi connectivity index (χ1v) is 14.1. The smallest absolute Gasteiger partial charge is 0.354 e. The fraction of sp³-hybridized carbons (Fsp3) is 0.577. The predicted octanol–water partition coefficient (Wildman–Crippen LogP) is 2.99. The summed E-state index contributed by atoms with van der Waals surface area (Å²) in [7, 11) is 1.74. The average Bonchev–Trinajstić information content (AvgIpc) is 3.19. The SMILES string of the molecule is CC[C@@]12C=C(C(=O)OC)n3c4c(c5cc(S(=O)(=O)NCCCN(C)C)ccc53)CCN(CCC1)[C@H]42. The van der Waals surface area contributed by atoms with Crippen LogP contribution < -0.4 is 4.72 Å². The molecule has 0 spiro atoms. The highest BCUT2D eigenvalue weighted by atomic mass is 32.2. The third kappa shape index (κ3) is 3.93. The Labute approximate surface area is 207 Å². The van der Waals surface area contributed by atoms with Crippen molar-refractivity contribution in [3.8, 4) is 0 Å². The molecule has 2 aromatic rings. The lowest BCUT2D eigenvalue weighted by molar-refractivity contribution is -0.134. The number of esters is 1. The van der Waals surface area contributed by atoms with Crippen LogP contribution in [0.3, 0.4) is 0 Å². The van der Waals surface area contributed by atoms with Gasteiger partial charge in [0.15, 0.2) is 0 Å². The third-order valence-corrected chi connectivity index (χ3v) is 9.55. The van der Waals surface area contributed by atoms with Crippen molar-refractivity contribution in [1.82, 2.24) is 19.1 Å². The summed E-state index contributed by atoms with van der Waals surface area (Å²) in [5, 5.41) is 0.920. The van der Waals surface area contributed by atoms with E-state index in [2.05, 4.69) is 22.6 Å². The molecule has 0 radical (unpaired) electrons. The lowest BCUT2D eigenvalue weighted by atomic mass is 9.66. The summed E-state index contributed by atoms with van der Waals surface area (Å²) in [6.45, 7) is 5.40. The monoisotopic (exact) mass is 500 g/mol. The summed E-state index contributed by atoms with van der Waals surface area (Å²) in [6, 6.07) is 5.49. The summed E-state index contributed by atoms with van der Waals surface area (Å²) >= 11 is 0. The van der Waals surface area contributed by atoms with Crippen molar-refractivity contribution >= 4 is 32.6 Å². The molecule has 0 unspecified atom stereocenters. The van der Waals surface area contributed by atoms with Crippen LogP contribution in [0.25, 0.3) is 16.6 Å². The first-order valence-electron chi connectivity index (χ1n) is 12.6. The van der Waals surface area contributed by atoms with Gasteiger partial charge in [-0.1, -0.05) is 6.92 Å². The normalized spacial score (nSPS) is 23.9. The van der Waals surface area contributed by atoms with E-state index in [-0.39, 0.29) is 22.3 Å². The molecule has 2 atom stereocenters. The number of methoxy groups -OCH3 is 1. The van der Waals surface area contributed by atoms with Gasteiger partial charge in [0, 0.05) is 29.6 Å². The minimum atomic E-state index is -3.63. The lowest BCUT2D eigenvalue weighted by Gasteiger charge is -2.53. The standard InChI is InChI=1S/C26H36N4O4S/c1-5-26-11-6-14-29-15-10-19-20-16-18(35(32,33)27-12-7-13-28(2)3)8-9-21(20)30(23(19)24(26)29)22(17-26)25(31)34-4/h8-9,16-17,24,27H,5-7,10-15H2,1-4H3/t24-,26+/m1/s1. The summed E-state index contributed by atoms with van der Waals surface area (Å²) in [5.41, 5.74) is 3.61. The van der Waals surface area contributed by atoms with E-state index in [1.165, 1.54) is 12.7 Å². The molecule has 1 aromatic heterocycles. The first kappa shape index (κ1) is 24.5. The molecular formula is C26H36N4O4S. The number of carbonyl (C=O) groups excluding carboxylic acids is 1. The van der Waals surface area contributed by atoms with Crippen LogP contribution in [0.15, 0.2) is 29.2 Å². The van der Waals surface area contributed by atoms with Gasteiger partial charge in [-0.2, -0.15) is 0 Å². The molecule has 190 valence electrons. The topological polar surface area (TPSA) is 83.9 Å². The van der Waals surface area contributed by atoms with E-state index in [0.717, 1.165) is 68.3 Å². The highest BCUT2D eigenvalue weighted by molar-refractivity contribution is 7.89. The summed E-state index contributed by atoms with van der Waals surface area (Å²) < 4.78 is 36.2. The summed E-state index contributed by atoms with van der Waals surface area (Å²) in [6.07, 6.45) is 6.79. The second-order valence-corrected chi connectivity index (χ2v) is 12.1. The van der Waals surface area contributed by atoms with Crippen molar-refractivity contribution in [2.24, 2.45) is 5.41 Å². The first-order chi connectivity index (χ1) is 16.7. The largest absolute Gasteiger partial charge is 0.464 e. The van der Waals surface area contributed by atoms with Crippen LogP contribution in [-0.2, 0) is 26.0 Å². The maximum Gasteiger partial charge on any atom is 0.354 e. The van der Waals surface area contributed by atoms with Crippen molar-refractivity contribution in [2.45, 2.75) is 50.0 Å². The fourth-order valence-electron chi connectivity index (χ4n) is 6.41. The molecule has 9 heteroatoms. The second-order valence-electron chi connectivity index (χ2n) is 10.3. The molecular weight excluding hydrogens is 464 g/mol. The van der Waals surface area contributed by atoms with E-state index in [1.807, 2.05) is 29.6 Å². The Morgan fingerprint density at radius 1 is 1.29 bits per heavy atom. The number of nitrogens with one attached hydrogen (secondary N) is 1. The maximum absolute atomic E-state index is 13.1. The summed E-state index contributed by atoms with van der Waals surface area (Å²) in [4.78, 5) is 17.9. The number of aromatic nitrogens is 1. The molecule has 8 nitrogen and oxygen atoms in total. The predicted molar refractivity (Wildman–Crippen MR) is 137 cm³/mol. The number of rotatable bonds is 8. The number of ether oxygens (including phenoxy) is 1. The average molecular weight is 501 g/mol. The molecule has 3 aliphatic heterocycles. The molecule has 4 heterocycles. The van der Waals surface area contributed by atoms with E-state index in [1.54, 1.807) is 12.1 Å². The Morgan fingerprint density at radius 3 is 2.80 bits per heavy atom. The molecule has 1 fully saturated rings. The number of sulfonamides is 1. The van der Waals surface area contributed by atoms with Crippen LogP contribution in [0.4, 0.5) is 0 Å². The van der Waals surface area contributed by atoms with E-state index in [9.17, 15) is 13.2 Å². The fourth-order valence-corrected chi connectivity index (χ4v) is 7.51. The molecule has 1 aromatic carbocycles. The van der Waals surface area contributed by atoms with Gasteiger partial charge in [-0.15, -0.1) is 0 Å². The quantitative estimate of drug-likeness (QED) is 0.443. The molecule has 0 amide bonds. The summed E-state index contributed by atoms with van der Waals surface area (Å²) in [5.74, 6) is -0.349. The van der Waals surface area contributed by atoms with Crippen molar-refractivity contribution in [2.75, 3.05) is 47.4 Å². The maximum atomic E-state index is 13.1. The van der Waals surface area contributed by atoms with E-state index >= 15 is 0 Å². The number of hydrogen-bond donors (Lipinski definition) is 1. The number of fused-ring (bicyclic) bond motifs is 3. The van der Waals surface area contributed by atoms with Crippen LogP contribution in [0.2, 0.25) is 0 Å². The van der Waals surface area contributed by atoms with Crippen molar-refractivity contribution in [3.63, 3.8) is 0 Å². The third-order valence-electron chi connectivity index (χ3n) is 8.09. The van der Waals surface area contributed by atoms with Crippen LogP contribution in [-0.4, -0.2) is 76.1 Å². The van der Waals surface area contributed by atoms with Gasteiger partial charge < -0.3 is 14.2 Å². The molecule has 1 saturated heterocycles. The minimum Gasteiger partial charge on any atom is -0.464 e. The number of hydrogen-bond acceptors (Lipinski definition) is 6. The molecule has 35 heavy (non-hydrogen) atoms. The van der Waals surface area contributed by atoms with E-state index in [0.29, 0.717) is 12.2 Å². The molecule has 0 bridgehead atoms. The van der Waals surface area contributed by atoms with Crippen LogP contribution in [0.5, 0.6) is 0 Å². The van der Waals surface area contributed by atoms with Gasteiger partial charge in [0.1, 0.15) is 5.70 Å². The Balaban J connectivity index is 1.63. The molecule has 1 N–H and O–H groups in total. The zero-order valence-corrected chi connectivity index (χ0v) is 22.0.